The number of carbonyl (C=O) groups excluding carboxylic acids is 1. The van der Waals surface area contributed by atoms with Crippen LogP contribution in [0.15, 0.2) is 18.2 Å². The molecule has 6 nitrogen and oxygen atoms in total. The van der Waals surface area contributed by atoms with E-state index in [4.69, 9.17) is 4.74 Å². The number of nitrogens with one attached hydrogen (secondary N) is 2. The predicted molar refractivity (Wildman–Crippen MR) is 78.6 cm³/mol. The summed E-state index contributed by atoms with van der Waals surface area (Å²) in [4.78, 5) is 23.2. The van der Waals surface area contributed by atoms with Gasteiger partial charge in [0.05, 0.1) is 19.3 Å². The summed E-state index contributed by atoms with van der Waals surface area (Å²) in [7, 11) is 1.53. The summed E-state index contributed by atoms with van der Waals surface area (Å²) >= 11 is 0. The number of carboxylic acid groups (broad SMARTS) is 1. The highest BCUT2D eigenvalue weighted by Crippen LogP contribution is 2.32. The van der Waals surface area contributed by atoms with E-state index in [1.165, 1.54) is 7.11 Å². The number of hydrogen-bond acceptors (Lipinski definition) is 4. The van der Waals surface area contributed by atoms with E-state index in [9.17, 15) is 14.7 Å². The van der Waals surface area contributed by atoms with Crippen LogP contribution >= 0.6 is 0 Å². The van der Waals surface area contributed by atoms with Gasteiger partial charge in [0.15, 0.2) is 0 Å². The van der Waals surface area contributed by atoms with Gasteiger partial charge in [0.1, 0.15) is 11.3 Å². The third kappa shape index (κ3) is 3.33. The van der Waals surface area contributed by atoms with Crippen LogP contribution < -0.4 is 15.4 Å². The summed E-state index contributed by atoms with van der Waals surface area (Å²) < 4.78 is 5.19. The lowest BCUT2D eigenvalue weighted by atomic mass is 9.77. The molecular weight excluding hydrogens is 272 g/mol. The Balaban J connectivity index is 1.96. The van der Waals surface area contributed by atoms with Crippen LogP contribution in [0.25, 0.3) is 0 Å². The monoisotopic (exact) mass is 292 g/mol. The molecule has 2 rings (SSSR count). The number of benzene rings is 1. The van der Waals surface area contributed by atoms with Gasteiger partial charge in [-0.2, -0.15) is 0 Å². The van der Waals surface area contributed by atoms with Crippen molar-refractivity contribution in [3.8, 4) is 5.75 Å². The van der Waals surface area contributed by atoms with Gasteiger partial charge in [-0.15, -0.1) is 0 Å². The lowest BCUT2D eigenvalue weighted by molar-refractivity contribution is -0.148. The summed E-state index contributed by atoms with van der Waals surface area (Å²) in [5, 5.41) is 14.8. The molecule has 1 aliphatic carbocycles. The Hall–Kier alpha value is -2.08. The highest BCUT2D eigenvalue weighted by atomic mass is 16.5. The Morgan fingerprint density at radius 3 is 2.62 bits per heavy atom. The van der Waals surface area contributed by atoms with Crippen molar-refractivity contribution in [1.29, 1.82) is 0 Å². The molecule has 114 valence electrons. The first kappa shape index (κ1) is 15.3. The fourth-order valence-corrected chi connectivity index (χ4v) is 2.36. The minimum absolute atomic E-state index is 0.0383. The molecule has 1 aromatic carbocycles. The topological polar surface area (TPSA) is 87.7 Å². The number of hydrogen-bond donors (Lipinski definition) is 3. The number of methoxy groups -OCH3 is 1. The molecule has 0 spiro atoms. The first-order valence-corrected chi connectivity index (χ1v) is 6.90. The summed E-state index contributed by atoms with van der Waals surface area (Å²) in [5.41, 5.74) is 0.649. The van der Waals surface area contributed by atoms with Crippen LogP contribution in [0.1, 0.15) is 24.8 Å². The second kappa shape index (κ2) is 6.13. The smallest absolute Gasteiger partial charge is 0.323 e. The Kier molecular flexibility index (Phi) is 4.47. The van der Waals surface area contributed by atoms with E-state index in [0.29, 0.717) is 24.3 Å². The molecule has 1 aliphatic rings. The largest absolute Gasteiger partial charge is 0.495 e. The minimum Gasteiger partial charge on any atom is -0.495 e. The summed E-state index contributed by atoms with van der Waals surface area (Å²) in [6, 6.07) is 5.48. The van der Waals surface area contributed by atoms with Crippen molar-refractivity contribution in [2.45, 2.75) is 31.7 Å². The molecule has 0 saturated heterocycles. The number of aliphatic carboxylic acids is 1. The van der Waals surface area contributed by atoms with E-state index >= 15 is 0 Å². The molecule has 1 saturated carbocycles. The van der Waals surface area contributed by atoms with E-state index in [-0.39, 0.29) is 12.5 Å². The van der Waals surface area contributed by atoms with E-state index in [0.717, 1.165) is 12.0 Å². The average Bonchev–Trinajstić information content (AvgIpc) is 2.37. The number of rotatable bonds is 6. The van der Waals surface area contributed by atoms with Crippen molar-refractivity contribution in [1.82, 2.24) is 5.32 Å². The molecular formula is C15H20N2O4. The van der Waals surface area contributed by atoms with Crippen LogP contribution in [0.4, 0.5) is 5.69 Å². The third-order valence-corrected chi connectivity index (χ3v) is 3.83. The maximum Gasteiger partial charge on any atom is 0.323 e. The van der Waals surface area contributed by atoms with Crippen LogP contribution in [0.2, 0.25) is 0 Å². The quantitative estimate of drug-likeness (QED) is 0.740. The number of carbonyl (C=O) groups is 2. The van der Waals surface area contributed by atoms with Crippen LogP contribution in [-0.2, 0) is 9.59 Å². The standard InChI is InChI=1S/C15H20N2O4/c1-10-4-5-12(21-2)11(8-10)17-13(18)9-16-15(14(19)20)6-3-7-15/h4-5,8,16H,3,6-7,9H2,1-2H3,(H,17,18)(H,19,20). The second-order valence-electron chi connectivity index (χ2n) is 5.35. The van der Waals surface area contributed by atoms with Crippen molar-refractivity contribution >= 4 is 17.6 Å². The lowest BCUT2D eigenvalue weighted by Crippen LogP contribution is -2.58. The first-order valence-electron chi connectivity index (χ1n) is 6.90. The van der Waals surface area contributed by atoms with Gasteiger partial charge in [0.25, 0.3) is 0 Å². The van der Waals surface area contributed by atoms with Gasteiger partial charge < -0.3 is 15.2 Å². The van der Waals surface area contributed by atoms with Gasteiger partial charge in [-0.1, -0.05) is 6.07 Å². The number of amides is 1. The molecule has 6 heteroatoms. The minimum atomic E-state index is -0.936. The van der Waals surface area contributed by atoms with E-state index < -0.39 is 11.5 Å². The van der Waals surface area contributed by atoms with Crippen molar-refractivity contribution in [3.05, 3.63) is 23.8 Å². The van der Waals surface area contributed by atoms with Crippen molar-refractivity contribution in [2.75, 3.05) is 19.0 Å². The summed E-state index contributed by atoms with van der Waals surface area (Å²) in [5.74, 6) is -0.605. The normalized spacial score (nSPS) is 15.9. The van der Waals surface area contributed by atoms with E-state index in [1.54, 1.807) is 6.07 Å². The Labute approximate surface area is 123 Å². The van der Waals surface area contributed by atoms with Gasteiger partial charge in [-0.25, -0.2) is 0 Å². The van der Waals surface area contributed by atoms with Gasteiger partial charge in [0.2, 0.25) is 5.91 Å². The molecule has 0 bridgehead atoms. The van der Waals surface area contributed by atoms with Crippen LogP contribution in [-0.4, -0.2) is 36.2 Å². The number of aryl methyl sites for hydroxylation is 1. The highest BCUT2D eigenvalue weighted by Gasteiger charge is 2.44. The van der Waals surface area contributed by atoms with Crippen molar-refractivity contribution < 1.29 is 19.4 Å². The zero-order chi connectivity index (χ0) is 15.5. The predicted octanol–water partition coefficient (Wildman–Crippen LogP) is 1.54. The molecule has 0 unspecified atom stereocenters. The molecule has 21 heavy (non-hydrogen) atoms. The molecule has 0 aromatic heterocycles. The summed E-state index contributed by atoms with van der Waals surface area (Å²) in [6.07, 6.45) is 1.99. The molecule has 3 N–H and O–H groups in total. The molecule has 0 atom stereocenters. The first-order chi connectivity index (χ1) is 9.97. The zero-order valence-corrected chi connectivity index (χ0v) is 12.2. The van der Waals surface area contributed by atoms with Crippen molar-refractivity contribution in [3.63, 3.8) is 0 Å². The van der Waals surface area contributed by atoms with Crippen molar-refractivity contribution in [2.24, 2.45) is 0 Å². The number of anilines is 1. The Morgan fingerprint density at radius 1 is 1.38 bits per heavy atom. The molecule has 0 radical (unpaired) electrons. The fraction of sp³-hybridized carbons (Fsp3) is 0.467. The maximum atomic E-state index is 12.0. The Morgan fingerprint density at radius 2 is 2.10 bits per heavy atom. The highest BCUT2D eigenvalue weighted by molar-refractivity contribution is 5.94. The maximum absolute atomic E-state index is 12.0. The third-order valence-electron chi connectivity index (χ3n) is 3.83. The van der Waals surface area contributed by atoms with Gasteiger partial charge in [-0.05, 0) is 43.9 Å². The average molecular weight is 292 g/mol. The summed E-state index contributed by atoms with van der Waals surface area (Å²) in [6.45, 7) is 1.88. The molecule has 1 fully saturated rings. The SMILES string of the molecule is COc1ccc(C)cc1NC(=O)CNC1(C(=O)O)CCC1. The number of carboxylic acids is 1. The van der Waals surface area contributed by atoms with E-state index in [2.05, 4.69) is 10.6 Å². The van der Waals surface area contributed by atoms with Crippen LogP contribution in [0.3, 0.4) is 0 Å². The van der Waals surface area contributed by atoms with Gasteiger partial charge in [0, 0.05) is 0 Å². The van der Waals surface area contributed by atoms with E-state index in [1.807, 2.05) is 19.1 Å². The fourth-order valence-electron chi connectivity index (χ4n) is 2.36. The Bertz CT molecular complexity index is 553. The van der Waals surface area contributed by atoms with Gasteiger partial charge >= 0.3 is 5.97 Å². The van der Waals surface area contributed by atoms with Gasteiger partial charge in [-0.3, -0.25) is 14.9 Å². The molecule has 1 aromatic rings. The lowest BCUT2D eigenvalue weighted by Gasteiger charge is -2.38. The second-order valence-corrected chi connectivity index (χ2v) is 5.35. The zero-order valence-electron chi connectivity index (χ0n) is 12.2. The molecule has 0 aliphatic heterocycles. The number of ether oxygens (including phenoxy) is 1. The molecule has 0 heterocycles. The molecule has 1 amide bonds. The van der Waals surface area contributed by atoms with Crippen LogP contribution in [0, 0.1) is 6.92 Å². The van der Waals surface area contributed by atoms with Crippen LogP contribution in [0.5, 0.6) is 5.75 Å².